The van der Waals surface area contributed by atoms with E-state index in [-0.39, 0.29) is 12.3 Å². The SMILES string of the molecule is O=C(Cc1nnc(-c2ccc(Br)cc2)o1)NCCC1=CCCCC1. The van der Waals surface area contributed by atoms with Gasteiger partial charge >= 0.3 is 0 Å². The zero-order valence-electron chi connectivity index (χ0n) is 13.4. The molecule has 1 heterocycles. The van der Waals surface area contributed by atoms with Gasteiger partial charge in [-0.15, -0.1) is 10.2 Å². The minimum atomic E-state index is -0.0857. The van der Waals surface area contributed by atoms with E-state index in [0.29, 0.717) is 18.3 Å². The number of rotatable bonds is 6. The number of amides is 1. The van der Waals surface area contributed by atoms with Crippen LogP contribution < -0.4 is 5.32 Å². The van der Waals surface area contributed by atoms with Crippen molar-refractivity contribution in [3.63, 3.8) is 0 Å². The molecule has 1 aromatic heterocycles. The molecule has 0 atom stereocenters. The Balaban J connectivity index is 1.48. The molecule has 1 aliphatic carbocycles. The van der Waals surface area contributed by atoms with Gasteiger partial charge in [-0.1, -0.05) is 27.6 Å². The van der Waals surface area contributed by atoms with Gasteiger partial charge in [0.2, 0.25) is 17.7 Å². The van der Waals surface area contributed by atoms with Crippen molar-refractivity contribution >= 4 is 21.8 Å². The van der Waals surface area contributed by atoms with Crippen LogP contribution in [0, 0.1) is 0 Å². The van der Waals surface area contributed by atoms with Gasteiger partial charge in [0.15, 0.2) is 0 Å². The van der Waals surface area contributed by atoms with Crippen LogP contribution in [0.25, 0.3) is 11.5 Å². The number of carbonyl (C=O) groups is 1. The molecule has 0 radical (unpaired) electrons. The molecule has 0 saturated heterocycles. The van der Waals surface area contributed by atoms with Gasteiger partial charge in [-0.2, -0.15) is 0 Å². The summed E-state index contributed by atoms with van der Waals surface area (Å²) in [5, 5.41) is 10.9. The van der Waals surface area contributed by atoms with Crippen LogP contribution in [0.4, 0.5) is 0 Å². The predicted octanol–water partition coefficient (Wildman–Crippen LogP) is 4.05. The fraction of sp³-hybridized carbons (Fsp3) is 0.389. The highest BCUT2D eigenvalue weighted by Gasteiger charge is 2.12. The van der Waals surface area contributed by atoms with E-state index in [0.717, 1.165) is 22.9 Å². The van der Waals surface area contributed by atoms with Crippen molar-refractivity contribution < 1.29 is 9.21 Å². The molecular weight excluding hydrogens is 370 g/mol. The van der Waals surface area contributed by atoms with E-state index in [1.807, 2.05) is 24.3 Å². The van der Waals surface area contributed by atoms with Gasteiger partial charge in [-0.05, 0) is 56.4 Å². The van der Waals surface area contributed by atoms with Gasteiger partial charge in [0, 0.05) is 16.6 Å². The van der Waals surface area contributed by atoms with Gasteiger partial charge in [0.05, 0.1) is 0 Å². The van der Waals surface area contributed by atoms with E-state index >= 15 is 0 Å². The van der Waals surface area contributed by atoms with Crippen LogP contribution in [0.2, 0.25) is 0 Å². The molecule has 1 amide bonds. The molecule has 0 saturated carbocycles. The van der Waals surface area contributed by atoms with Crippen LogP contribution in [-0.4, -0.2) is 22.6 Å². The molecule has 1 aromatic carbocycles. The van der Waals surface area contributed by atoms with Crippen molar-refractivity contribution in [3.05, 3.63) is 46.3 Å². The molecule has 3 rings (SSSR count). The summed E-state index contributed by atoms with van der Waals surface area (Å²) >= 11 is 3.39. The van der Waals surface area contributed by atoms with Gasteiger partial charge < -0.3 is 9.73 Å². The number of hydrogen-bond acceptors (Lipinski definition) is 4. The van der Waals surface area contributed by atoms with Crippen molar-refractivity contribution in [1.82, 2.24) is 15.5 Å². The third-order valence-electron chi connectivity index (χ3n) is 4.02. The molecule has 5 nitrogen and oxygen atoms in total. The Morgan fingerprint density at radius 3 is 2.79 bits per heavy atom. The lowest BCUT2D eigenvalue weighted by molar-refractivity contribution is -0.120. The van der Waals surface area contributed by atoms with E-state index in [1.54, 1.807) is 0 Å². The standard InChI is InChI=1S/C18H20BrN3O2/c19-15-8-6-14(7-9-15)18-22-21-17(24-18)12-16(23)20-11-10-13-4-2-1-3-5-13/h4,6-9H,1-3,5,10-12H2,(H,20,23). The molecule has 6 heteroatoms. The predicted molar refractivity (Wildman–Crippen MR) is 95.3 cm³/mol. The summed E-state index contributed by atoms with van der Waals surface area (Å²) in [5.74, 6) is 0.678. The Kier molecular flexibility index (Phi) is 5.80. The summed E-state index contributed by atoms with van der Waals surface area (Å²) < 4.78 is 6.55. The average molecular weight is 390 g/mol. The highest BCUT2D eigenvalue weighted by molar-refractivity contribution is 9.10. The van der Waals surface area contributed by atoms with E-state index in [2.05, 4.69) is 37.5 Å². The second kappa shape index (κ2) is 8.24. The zero-order chi connectivity index (χ0) is 16.8. The van der Waals surface area contributed by atoms with Crippen LogP contribution in [0.15, 0.2) is 44.8 Å². The molecule has 0 spiro atoms. The molecule has 0 bridgehead atoms. The van der Waals surface area contributed by atoms with Crippen LogP contribution in [0.5, 0.6) is 0 Å². The Morgan fingerprint density at radius 1 is 1.21 bits per heavy atom. The number of benzene rings is 1. The van der Waals surface area contributed by atoms with Crippen LogP contribution >= 0.6 is 15.9 Å². The number of halogens is 1. The Labute approximate surface area is 149 Å². The number of allylic oxidation sites excluding steroid dienone is 1. The first-order chi connectivity index (χ1) is 11.7. The summed E-state index contributed by atoms with van der Waals surface area (Å²) in [6.45, 7) is 0.665. The summed E-state index contributed by atoms with van der Waals surface area (Å²) in [6, 6.07) is 7.59. The molecule has 2 aromatic rings. The maximum atomic E-state index is 12.0. The highest BCUT2D eigenvalue weighted by atomic mass is 79.9. The highest BCUT2D eigenvalue weighted by Crippen LogP contribution is 2.21. The van der Waals surface area contributed by atoms with E-state index in [1.165, 1.54) is 24.8 Å². The fourth-order valence-electron chi connectivity index (χ4n) is 2.73. The molecule has 1 aliphatic rings. The lowest BCUT2D eigenvalue weighted by atomic mass is 9.97. The number of nitrogens with zero attached hydrogens (tertiary/aromatic N) is 2. The van der Waals surface area contributed by atoms with Gasteiger partial charge in [0.1, 0.15) is 6.42 Å². The minimum Gasteiger partial charge on any atom is -0.420 e. The first-order valence-electron chi connectivity index (χ1n) is 8.23. The Bertz CT molecular complexity index is 722. The monoisotopic (exact) mass is 389 g/mol. The van der Waals surface area contributed by atoms with Crippen molar-refractivity contribution in [3.8, 4) is 11.5 Å². The zero-order valence-corrected chi connectivity index (χ0v) is 15.0. The smallest absolute Gasteiger partial charge is 0.247 e. The Hall–Kier alpha value is -1.95. The second-order valence-corrected chi connectivity index (χ2v) is 6.81. The molecule has 24 heavy (non-hydrogen) atoms. The summed E-state index contributed by atoms with van der Waals surface area (Å²) in [7, 11) is 0. The molecule has 0 fully saturated rings. The molecule has 0 aliphatic heterocycles. The summed E-state index contributed by atoms with van der Waals surface area (Å²) in [5.41, 5.74) is 2.29. The normalized spacial score (nSPS) is 14.3. The maximum absolute atomic E-state index is 12.0. The first kappa shape index (κ1) is 16.9. The average Bonchev–Trinajstić information content (AvgIpc) is 3.05. The fourth-order valence-corrected chi connectivity index (χ4v) is 2.99. The number of aromatic nitrogens is 2. The lowest BCUT2D eigenvalue weighted by Gasteiger charge is -2.12. The van der Waals surface area contributed by atoms with Crippen molar-refractivity contribution in [2.24, 2.45) is 0 Å². The summed E-state index contributed by atoms with van der Waals surface area (Å²) in [4.78, 5) is 12.0. The molecule has 0 unspecified atom stereocenters. The van der Waals surface area contributed by atoms with E-state index in [9.17, 15) is 4.79 Å². The van der Waals surface area contributed by atoms with Crippen LogP contribution in [-0.2, 0) is 11.2 Å². The topological polar surface area (TPSA) is 68.0 Å². The first-order valence-corrected chi connectivity index (χ1v) is 9.03. The van der Waals surface area contributed by atoms with E-state index in [4.69, 9.17) is 4.42 Å². The van der Waals surface area contributed by atoms with Gasteiger partial charge in [-0.3, -0.25) is 4.79 Å². The molecular formula is C18H20BrN3O2. The lowest BCUT2D eigenvalue weighted by Crippen LogP contribution is -2.26. The van der Waals surface area contributed by atoms with Crippen LogP contribution in [0.3, 0.4) is 0 Å². The molecule has 1 N–H and O–H groups in total. The maximum Gasteiger partial charge on any atom is 0.247 e. The van der Waals surface area contributed by atoms with Gasteiger partial charge in [0.25, 0.3) is 0 Å². The molecule has 126 valence electrons. The number of carbonyl (C=O) groups excluding carboxylic acids is 1. The quantitative estimate of drug-likeness (QED) is 0.756. The largest absolute Gasteiger partial charge is 0.420 e. The van der Waals surface area contributed by atoms with Crippen molar-refractivity contribution in [2.75, 3.05) is 6.54 Å². The number of nitrogens with one attached hydrogen (secondary N) is 1. The summed E-state index contributed by atoms with van der Waals surface area (Å²) in [6.07, 6.45) is 8.23. The van der Waals surface area contributed by atoms with E-state index < -0.39 is 0 Å². The minimum absolute atomic E-state index is 0.0857. The number of hydrogen-bond donors (Lipinski definition) is 1. The van der Waals surface area contributed by atoms with Crippen LogP contribution in [0.1, 0.15) is 38.0 Å². The third kappa shape index (κ3) is 4.77. The van der Waals surface area contributed by atoms with Crippen molar-refractivity contribution in [2.45, 2.75) is 38.5 Å². The van der Waals surface area contributed by atoms with Gasteiger partial charge in [-0.25, -0.2) is 0 Å². The van der Waals surface area contributed by atoms with Crippen molar-refractivity contribution in [1.29, 1.82) is 0 Å². The third-order valence-corrected chi connectivity index (χ3v) is 4.55. The second-order valence-electron chi connectivity index (χ2n) is 5.89. The Morgan fingerprint density at radius 2 is 2.04 bits per heavy atom.